The predicted molar refractivity (Wildman–Crippen MR) is 70.0 cm³/mol. The van der Waals surface area contributed by atoms with Crippen molar-refractivity contribution in [3.63, 3.8) is 0 Å². The minimum absolute atomic E-state index is 0.128. The Bertz CT molecular complexity index is 398. The Morgan fingerprint density at radius 3 is 2.79 bits per heavy atom. The van der Waals surface area contributed by atoms with Crippen LogP contribution in [0.3, 0.4) is 0 Å². The first-order valence-corrected chi connectivity index (χ1v) is 6.37. The van der Waals surface area contributed by atoms with Crippen LogP contribution in [0.15, 0.2) is 24.3 Å². The molecule has 2 rings (SSSR count). The van der Waals surface area contributed by atoms with Gasteiger partial charge in [0.1, 0.15) is 0 Å². The normalized spacial score (nSPS) is 19.1. The second kappa shape index (κ2) is 7.23. The Morgan fingerprint density at radius 1 is 1.37 bits per heavy atom. The molecule has 1 saturated heterocycles. The zero-order chi connectivity index (χ0) is 13.5. The van der Waals surface area contributed by atoms with Crippen LogP contribution in [0, 0.1) is 0 Å². The molecule has 5 nitrogen and oxygen atoms in total. The third-order valence-electron chi connectivity index (χ3n) is 2.96. The minimum Gasteiger partial charge on any atom is -0.465 e. The van der Waals surface area contributed by atoms with Gasteiger partial charge in [-0.1, -0.05) is 12.1 Å². The molecule has 0 bridgehead atoms. The van der Waals surface area contributed by atoms with E-state index in [2.05, 4.69) is 10.1 Å². The Balaban J connectivity index is 1.75. The molecule has 1 aliphatic heterocycles. The monoisotopic (exact) mass is 265 g/mol. The van der Waals surface area contributed by atoms with E-state index in [1.807, 2.05) is 12.1 Å². The highest BCUT2D eigenvalue weighted by Crippen LogP contribution is 2.06. The molecule has 1 N–H and O–H groups in total. The van der Waals surface area contributed by atoms with Gasteiger partial charge in [0.15, 0.2) is 0 Å². The van der Waals surface area contributed by atoms with Gasteiger partial charge in [-0.3, -0.25) is 0 Å². The third kappa shape index (κ3) is 4.31. The van der Waals surface area contributed by atoms with Gasteiger partial charge < -0.3 is 19.5 Å². The number of carbonyl (C=O) groups excluding carboxylic acids is 1. The molecular weight excluding hydrogens is 246 g/mol. The molecule has 1 aromatic carbocycles. The molecule has 0 aliphatic carbocycles. The quantitative estimate of drug-likeness (QED) is 0.804. The molecule has 0 saturated carbocycles. The summed E-state index contributed by atoms with van der Waals surface area (Å²) in [7, 11) is 1.38. The second-order valence-electron chi connectivity index (χ2n) is 4.39. The number of nitrogens with one attached hydrogen (secondary N) is 1. The lowest BCUT2D eigenvalue weighted by Gasteiger charge is -2.23. The van der Waals surface area contributed by atoms with E-state index in [4.69, 9.17) is 9.47 Å². The second-order valence-corrected chi connectivity index (χ2v) is 4.39. The van der Waals surface area contributed by atoms with Crippen LogP contribution in [0.1, 0.15) is 15.9 Å². The first kappa shape index (κ1) is 14.0. The number of esters is 1. The van der Waals surface area contributed by atoms with Crippen molar-refractivity contribution >= 4 is 5.97 Å². The van der Waals surface area contributed by atoms with Gasteiger partial charge in [0.2, 0.25) is 0 Å². The van der Waals surface area contributed by atoms with Crippen molar-refractivity contribution in [3.05, 3.63) is 35.4 Å². The van der Waals surface area contributed by atoms with Crippen LogP contribution < -0.4 is 5.32 Å². The average Bonchev–Trinajstić information content (AvgIpc) is 2.48. The first-order valence-electron chi connectivity index (χ1n) is 6.37. The van der Waals surface area contributed by atoms with Crippen molar-refractivity contribution in [1.82, 2.24) is 5.32 Å². The maximum Gasteiger partial charge on any atom is 0.337 e. The molecule has 0 aromatic heterocycles. The van der Waals surface area contributed by atoms with Crippen LogP contribution in [0.5, 0.6) is 0 Å². The highest BCUT2D eigenvalue weighted by atomic mass is 16.6. The summed E-state index contributed by atoms with van der Waals surface area (Å²) in [5, 5.41) is 3.31. The highest BCUT2D eigenvalue weighted by molar-refractivity contribution is 5.89. The van der Waals surface area contributed by atoms with Crippen LogP contribution in [0.2, 0.25) is 0 Å². The number of benzene rings is 1. The summed E-state index contributed by atoms with van der Waals surface area (Å²) in [6.07, 6.45) is 0.128. The Labute approximate surface area is 112 Å². The Kier molecular flexibility index (Phi) is 5.32. The van der Waals surface area contributed by atoms with Gasteiger partial charge in [-0.2, -0.15) is 0 Å². The third-order valence-corrected chi connectivity index (χ3v) is 2.96. The standard InChI is InChI=1S/C14H19NO4/c1-17-14(16)12-4-2-11(3-5-12)8-15-9-13-10-18-6-7-19-13/h2-5,13,15H,6-10H2,1H3. The fourth-order valence-electron chi connectivity index (χ4n) is 1.91. The van der Waals surface area contributed by atoms with Crippen LogP contribution in [-0.4, -0.2) is 45.5 Å². The van der Waals surface area contributed by atoms with E-state index in [0.717, 1.165) is 18.7 Å². The lowest BCUT2D eigenvalue weighted by atomic mass is 10.1. The van der Waals surface area contributed by atoms with Gasteiger partial charge in [-0.15, -0.1) is 0 Å². The van der Waals surface area contributed by atoms with Crippen LogP contribution in [0.4, 0.5) is 0 Å². The minimum atomic E-state index is -0.313. The fourth-order valence-corrected chi connectivity index (χ4v) is 1.91. The maximum atomic E-state index is 11.3. The van der Waals surface area contributed by atoms with Crippen LogP contribution in [-0.2, 0) is 20.8 Å². The van der Waals surface area contributed by atoms with Gasteiger partial charge >= 0.3 is 5.97 Å². The summed E-state index contributed by atoms with van der Waals surface area (Å²) in [5.74, 6) is -0.313. The summed E-state index contributed by atoms with van der Waals surface area (Å²) in [4.78, 5) is 11.3. The zero-order valence-electron chi connectivity index (χ0n) is 11.1. The lowest BCUT2D eigenvalue weighted by Crippen LogP contribution is -2.37. The van der Waals surface area contributed by atoms with E-state index in [9.17, 15) is 4.79 Å². The molecule has 1 aliphatic rings. The predicted octanol–water partition coefficient (Wildman–Crippen LogP) is 0.978. The summed E-state index contributed by atoms with van der Waals surface area (Å²) in [5.41, 5.74) is 1.68. The average molecular weight is 265 g/mol. The van der Waals surface area contributed by atoms with Crippen molar-refractivity contribution in [2.45, 2.75) is 12.6 Å². The van der Waals surface area contributed by atoms with Gasteiger partial charge in [0, 0.05) is 13.1 Å². The number of hydrogen-bond donors (Lipinski definition) is 1. The smallest absolute Gasteiger partial charge is 0.337 e. The number of ether oxygens (including phenoxy) is 3. The molecule has 0 amide bonds. The maximum absolute atomic E-state index is 11.3. The highest BCUT2D eigenvalue weighted by Gasteiger charge is 2.13. The molecule has 19 heavy (non-hydrogen) atoms. The van der Waals surface area contributed by atoms with E-state index in [1.54, 1.807) is 12.1 Å². The van der Waals surface area contributed by atoms with Crippen LogP contribution in [0.25, 0.3) is 0 Å². The van der Waals surface area contributed by atoms with Crippen molar-refractivity contribution in [2.75, 3.05) is 33.5 Å². The summed E-state index contributed by atoms with van der Waals surface area (Å²) in [6.45, 7) is 3.50. The van der Waals surface area contributed by atoms with Gasteiger partial charge in [0.25, 0.3) is 0 Å². The molecule has 1 aromatic rings. The van der Waals surface area contributed by atoms with E-state index in [1.165, 1.54) is 7.11 Å². The van der Waals surface area contributed by atoms with Crippen LogP contribution >= 0.6 is 0 Å². The van der Waals surface area contributed by atoms with E-state index >= 15 is 0 Å². The Hall–Kier alpha value is -1.43. The zero-order valence-corrected chi connectivity index (χ0v) is 11.1. The number of rotatable bonds is 5. The topological polar surface area (TPSA) is 56.8 Å². The molecule has 5 heteroatoms. The van der Waals surface area contributed by atoms with Crippen molar-refractivity contribution in [1.29, 1.82) is 0 Å². The summed E-state index contributed by atoms with van der Waals surface area (Å²) < 4.78 is 15.5. The SMILES string of the molecule is COC(=O)c1ccc(CNCC2COCCO2)cc1. The summed E-state index contributed by atoms with van der Waals surface area (Å²) in [6, 6.07) is 7.36. The molecule has 1 fully saturated rings. The molecule has 1 heterocycles. The van der Waals surface area contributed by atoms with Crippen molar-refractivity contribution in [3.8, 4) is 0 Å². The molecule has 104 valence electrons. The van der Waals surface area contributed by atoms with E-state index in [0.29, 0.717) is 25.4 Å². The van der Waals surface area contributed by atoms with Crippen molar-refractivity contribution < 1.29 is 19.0 Å². The lowest BCUT2D eigenvalue weighted by molar-refractivity contribution is -0.0864. The van der Waals surface area contributed by atoms with E-state index in [-0.39, 0.29) is 12.1 Å². The van der Waals surface area contributed by atoms with Gasteiger partial charge in [0.05, 0.1) is 38.6 Å². The first-order chi connectivity index (χ1) is 9.29. The molecular formula is C14H19NO4. The summed E-state index contributed by atoms with van der Waals surface area (Å²) >= 11 is 0. The molecule has 0 radical (unpaired) electrons. The molecule has 1 unspecified atom stereocenters. The molecule has 0 spiro atoms. The largest absolute Gasteiger partial charge is 0.465 e. The van der Waals surface area contributed by atoms with E-state index < -0.39 is 0 Å². The van der Waals surface area contributed by atoms with Crippen molar-refractivity contribution in [2.24, 2.45) is 0 Å². The Morgan fingerprint density at radius 2 is 2.16 bits per heavy atom. The number of methoxy groups -OCH3 is 1. The fraction of sp³-hybridized carbons (Fsp3) is 0.500. The number of hydrogen-bond acceptors (Lipinski definition) is 5. The van der Waals surface area contributed by atoms with Gasteiger partial charge in [-0.05, 0) is 17.7 Å². The van der Waals surface area contributed by atoms with Gasteiger partial charge in [-0.25, -0.2) is 4.79 Å². The molecule has 1 atom stereocenters. The number of carbonyl (C=O) groups is 1.